The summed E-state index contributed by atoms with van der Waals surface area (Å²) in [5, 5.41) is 2.08. The third kappa shape index (κ3) is 1.37. The average Bonchev–Trinajstić information content (AvgIpc) is 2.58. The Bertz CT molecular complexity index is 421. The van der Waals surface area contributed by atoms with Crippen molar-refractivity contribution >= 4 is 34.9 Å². The Hall–Kier alpha value is -0.450. The predicted molar refractivity (Wildman–Crippen MR) is 57.6 cm³/mol. The van der Waals surface area contributed by atoms with Crippen molar-refractivity contribution in [3.05, 3.63) is 27.2 Å². The van der Waals surface area contributed by atoms with Crippen LogP contribution in [0, 0.1) is 10.9 Å². The Morgan fingerprint density at radius 2 is 2.33 bits per heavy atom. The largest absolute Gasteiger partial charge is 0.341 e. The third-order valence-corrected chi connectivity index (χ3v) is 3.96. The van der Waals surface area contributed by atoms with Crippen molar-refractivity contribution < 1.29 is 0 Å². The van der Waals surface area contributed by atoms with Crippen LogP contribution in [0.3, 0.4) is 0 Å². The first-order valence-electron chi connectivity index (χ1n) is 3.51. The number of aryl methyl sites for hydroxylation is 1. The van der Waals surface area contributed by atoms with Crippen LogP contribution < -0.4 is 0 Å². The SMILES string of the molecule is Cc1[nH]c(=S)sc1-c1cccs1. The summed E-state index contributed by atoms with van der Waals surface area (Å²) in [6.45, 7) is 2.06. The van der Waals surface area contributed by atoms with Crippen LogP contribution in [0.15, 0.2) is 17.5 Å². The first-order chi connectivity index (χ1) is 5.77. The molecule has 0 aliphatic heterocycles. The fourth-order valence-electron chi connectivity index (χ4n) is 1.05. The molecule has 0 aromatic carbocycles. The topological polar surface area (TPSA) is 15.8 Å². The standard InChI is InChI=1S/C8H7NS3/c1-5-7(12-8(10)9-5)6-3-2-4-11-6/h2-4H,1H3,(H,9,10). The second-order valence-corrected chi connectivity index (χ2v) is 5.08. The molecule has 0 bridgehead atoms. The minimum absolute atomic E-state index is 0.857. The number of H-pyrrole nitrogens is 1. The zero-order valence-electron chi connectivity index (χ0n) is 6.46. The molecule has 0 aliphatic rings. The van der Waals surface area contributed by atoms with Gasteiger partial charge in [0.05, 0.1) is 4.88 Å². The first kappa shape index (κ1) is 8.16. The summed E-state index contributed by atoms with van der Waals surface area (Å²) >= 11 is 8.45. The van der Waals surface area contributed by atoms with Gasteiger partial charge in [0.1, 0.15) is 0 Å². The van der Waals surface area contributed by atoms with Gasteiger partial charge in [-0.15, -0.1) is 22.7 Å². The monoisotopic (exact) mass is 213 g/mol. The molecule has 2 aromatic heterocycles. The molecule has 0 aliphatic carbocycles. The maximum absolute atomic E-state index is 5.06. The van der Waals surface area contributed by atoms with Gasteiger partial charge in [0.2, 0.25) is 0 Å². The van der Waals surface area contributed by atoms with Crippen molar-refractivity contribution in [1.82, 2.24) is 4.98 Å². The number of nitrogens with one attached hydrogen (secondary N) is 1. The second kappa shape index (κ2) is 3.12. The summed E-state index contributed by atoms with van der Waals surface area (Å²) in [6, 6.07) is 4.17. The number of aromatic nitrogens is 1. The van der Waals surface area contributed by atoms with Gasteiger partial charge in [-0.25, -0.2) is 0 Å². The van der Waals surface area contributed by atoms with Gasteiger partial charge >= 0.3 is 0 Å². The van der Waals surface area contributed by atoms with Gasteiger partial charge in [0.25, 0.3) is 0 Å². The number of hydrogen-bond donors (Lipinski definition) is 1. The van der Waals surface area contributed by atoms with E-state index in [9.17, 15) is 0 Å². The molecule has 0 unspecified atom stereocenters. The molecule has 0 fully saturated rings. The van der Waals surface area contributed by atoms with E-state index in [0.717, 1.165) is 3.95 Å². The zero-order valence-corrected chi connectivity index (χ0v) is 8.91. The highest BCUT2D eigenvalue weighted by atomic mass is 32.1. The average molecular weight is 213 g/mol. The highest BCUT2D eigenvalue weighted by Crippen LogP contribution is 2.31. The number of thiazole rings is 1. The van der Waals surface area contributed by atoms with Crippen LogP contribution in [0.4, 0.5) is 0 Å². The maximum Gasteiger partial charge on any atom is 0.159 e. The lowest BCUT2D eigenvalue weighted by Gasteiger charge is -1.90. The predicted octanol–water partition coefficient (Wildman–Crippen LogP) is 3.84. The highest BCUT2D eigenvalue weighted by Gasteiger charge is 2.04. The van der Waals surface area contributed by atoms with Gasteiger partial charge in [-0.1, -0.05) is 6.07 Å². The molecule has 12 heavy (non-hydrogen) atoms. The van der Waals surface area contributed by atoms with Crippen LogP contribution in [0.1, 0.15) is 5.69 Å². The molecular weight excluding hydrogens is 206 g/mol. The minimum atomic E-state index is 0.857. The van der Waals surface area contributed by atoms with E-state index in [1.807, 2.05) is 0 Å². The molecule has 0 saturated carbocycles. The van der Waals surface area contributed by atoms with E-state index in [-0.39, 0.29) is 0 Å². The van der Waals surface area contributed by atoms with Crippen LogP contribution in [0.25, 0.3) is 9.75 Å². The molecule has 2 aromatic rings. The lowest BCUT2D eigenvalue weighted by molar-refractivity contribution is 1.26. The smallest absolute Gasteiger partial charge is 0.159 e. The molecule has 62 valence electrons. The summed E-state index contributed by atoms with van der Waals surface area (Å²) in [5.74, 6) is 0. The first-order valence-corrected chi connectivity index (χ1v) is 5.61. The summed E-state index contributed by atoms with van der Waals surface area (Å²) in [5.41, 5.74) is 1.17. The molecule has 0 radical (unpaired) electrons. The van der Waals surface area contributed by atoms with E-state index in [1.165, 1.54) is 15.4 Å². The van der Waals surface area contributed by atoms with E-state index in [0.29, 0.717) is 0 Å². The second-order valence-electron chi connectivity index (χ2n) is 2.45. The van der Waals surface area contributed by atoms with Gasteiger partial charge < -0.3 is 4.98 Å². The molecule has 2 heterocycles. The molecule has 4 heteroatoms. The van der Waals surface area contributed by atoms with E-state index in [1.54, 1.807) is 22.7 Å². The Kier molecular flexibility index (Phi) is 2.12. The summed E-state index contributed by atoms with van der Waals surface area (Å²) < 4.78 is 0.857. The number of thiophene rings is 1. The van der Waals surface area contributed by atoms with Crippen LogP contribution in [0.2, 0.25) is 0 Å². The lowest BCUT2D eigenvalue weighted by atomic mass is 10.3. The maximum atomic E-state index is 5.06. The number of hydrogen-bond acceptors (Lipinski definition) is 3. The lowest BCUT2D eigenvalue weighted by Crippen LogP contribution is -1.71. The molecular formula is C8H7NS3. The van der Waals surface area contributed by atoms with Gasteiger partial charge in [-0.3, -0.25) is 0 Å². The summed E-state index contributed by atoms with van der Waals surface area (Å²) in [4.78, 5) is 5.71. The Balaban J connectivity index is 2.61. The van der Waals surface area contributed by atoms with E-state index >= 15 is 0 Å². The fourth-order valence-corrected chi connectivity index (χ4v) is 3.20. The molecule has 0 atom stereocenters. The quantitative estimate of drug-likeness (QED) is 0.712. The highest BCUT2D eigenvalue weighted by molar-refractivity contribution is 7.73. The molecule has 0 spiro atoms. The van der Waals surface area contributed by atoms with E-state index < -0.39 is 0 Å². The Morgan fingerprint density at radius 1 is 1.50 bits per heavy atom. The van der Waals surface area contributed by atoms with Gasteiger partial charge in [-0.2, -0.15) is 0 Å². The minimum Gasteiger partial charge on any atom is -0.341 e. The van der Waals surface area contributed by atoms with Crippen molar-refractivity contribution in [2.45, 2.75) is 6.92 Å². The van der Waals surface area contributed by atoms with Crippen LogP contribution >= 0.6 is 34.9 Å². The van der Waals surface area contributed by atoms with Gasteiger partial charge in [0, 0.05) is 10.6 Å². The zero-order chi connectivity index (χ0) is 8.55. The molecule has 0 saturated heterocycles. The van der Waals surface area contributed by atoms with Gasteiger partial charge in [0.15, 0.2) is 3.95 Å². The van der Waals surface area contributed by atoms with E-state index in [4.69, 9.17) is 12.2 Å². The number of rotatable bonds is 1. The normalized spacial score (nSPS) is 10.4. The Morgan fingerprint density at radius 3 is 2.83 bits per heavy atom. The summed E-state index contributed by atoms with van der Waals surface area (Å²) in [7, 11) is 0. The van der Waals surface area contributed by atoms with E-state index in [2.05, 4.69) is 29.4 Å². The molecule has 0 amide bonds. The molecule has 2 rings (SSSR count). The third-order valence-electron chi connectivity index (χ3n) is 1.57. The number of aromatic amines is 1. The Labute approximate surface area is 83.7 Å². The van der Waals surface area contributed by atoms with Crippen molar-refractivity contribution in [3.8, 4) is 9.75 Å². The molecule has 1 N–H and O–H groups in total. The fraction of sp³-hybridized carbons (Fsp3) is 0.125. The van der Waals surface area contributed by atoms with Crippen LogP contribution in [-0.2, 0) is 0 Å². The van der Waals surface area contributed by atoms with Crippen LogP contribution in [-0.4, -0.2) is 4.98 Å². The van der Waals surface area contributed by atoms with Crippen molar-refractivity contribution in [2.75, 3.05) is 0 Å². The van der Waals surface area contributed by atoms with Gasteiger partial charge in [-0.05, 0) is 30.6 Å². The van der Waals surface area contributed by atoms with Crippen molar-refractivity contribution in [2.24, 2.45) is 0 Å². The molecule has 1 nitrogen and oxygen atoms in total. The van der Waals surface area contributed by atoms with Crippen LogP contribution in [0.5, 0.6) is 0 Å². The van der Waals surface area contributed by atoms with Crippen molar-refractivity contribution in [1.29, 1.82) is 0 Å². The summed E-state index contributed by atoms with van der Waals surface area (Å²) in [6.07, 6.45) is 0. The van der Waals surface area contributed by atoms with Crippen molar-refractivity contribution in [3.63, 3.8) is 0 Å².